The summed E-state index contributed by atoms with van der Waals surface area (Å²) in [6.07, 6.45) is 2.84. The summed E-state index contributed by atoms with van der Waals surface area (Å²) in [5.41, 5.74) is -0.527. The Bertz CT molecular complexity index is 439. The zero-order chi connectivity index (χ0) is 17.8. The summed E-state index contributed by atoms with van der Waals surface area (Å²) in [6, 6.07) is -0.0739. The van der Waals surface area contributed by atoms with E-state index in [0.29, 0.717) is 18.8 Å². The van der Waals surface area contributed by atoms with E-state index in [2.05, 4.69) is 19.2 Å². The summed E-state index contributed by atoms with van der Waals surface area (Å²) < 4.78 is 5.46. The fourth-order valence-corrected chi connectivity index (χ4v) is 3.41. The molecule has 0 spiro atoms. The highest BCUT2D eigenvalue weighted by atomic mass is 16.6. The molecule has 1 saturated carbocycles. The van der Waals surface area contributed by atoms with Gasteiger partial charge in [0.1, 0.15) is 11.9 Å². The van der Waals surface area contributed by atoms with Gasteiger partial charge in [-0.1, -0.05) is 13.8 Å². The zero-order valence-corrected chi connectivity index (χ0v) is 15.2. The molecule has 1 aliphatic carbocycles. The molecule has 0 aromatic heterocycles. The number of esters is 1. The Morgan fingerprint density at radius 2 is 1.87 bits per heavy atom. The minimum absolute atomic E-state index is 0.00341. The van der Waals surface area contributed by atoms with E-state index in [0.717, 1.165) is 12.7 Å². The molecule has 0 saturated heterocycles. The SMILES string of the molecule is CC(=O)N[C@@H](CC(C)C)[C@@H]1C[C@@H](C(=O)OC(C)(C)C)C[C@H]1C=O. The van der Waals surface area contributed by atoms with E-state index in [4.69, 9.17) is 4.74 Å². The monoisotopic (exact) mass is 325 g/mol. The van der Waals surface area contributed by atoms with Crippen molar-refractivity contribution in [3.8, 4) is 0 Å². The lowest BCUT2D eigenvalue weighted by Gasteiger charge is -2.28. The molecular formula is C18H31NO4. The summed E-state index contributed by atoms with van der Waals surface area (Å²) in [6.45, 7) is 11.2. The van der Waals surface area contributed by atoms with Crippen molar-refractivity contribution in [2.45, 2.75) is 72.4 Å². The van der Waals surface area contributed by atoms with Gasteiger partial charge in [0.15, 0.2) is 0 Å². The zero-order valence-electron chi connectivity index (χ0n) is 15.2. The van der Waals surface area contributed by atoms with E-state index in [9.17, 15) is 14.4 Å². The topological polar surface area (TPSA) is 72.5 Å². The van der Waals surface area contributed by atoms with Crippen LogP contribution < -0.4 is 5.32 Å². The van der Waals surface area contributed by atoms with Crippen LogP contribution in [-0.4, -0.2) is 29.8 Å². The van der Waals surface area contributed by atoms with Crippen LogP contribution in [0.2, 0.25) is 0 Å². The van der Waals surface area contributed by atoms with Crippen molar-refractivity contribution in [1.82, 2.24) is 5.32 Å². The van der Waals surface area contributed by atoms with E-state index in [-0.39, 0.29) is 35.7 Å². The molecule has 5 nitrogen and oxygen atoms in total. The van der Waals surface area contributed by atoms with E-state index in [1.54, 1.807) is 0 Å². The first-order valence-corrected chi connectivity index (χ1v) is 8.48. The van der Waals surface area contributed by atoms with Crippen LogP contribution in [0.1, 0.15) is 60.8 Å². The number of aldehydes is 1. The third-order valence-electron chi connectivity index (χ3n) is 4.21. The van der Waals surface area contributed by atoms with Gasteiger partial charge in [-0.05, 0) is 51.9 Å². The first kappa shape index (κ1) is 19.7. The van der Waals surface area contributed by atoms with Crippen molar-refractivity contribution in [3.63, 3.8) is 0 Å². The van der Waals surface area contributed by atoms with Crippen molar-refractivity contribution >= 4 is 18.2 Å². The molecule has 4 atom stereocenters. The highest BCUT2D eigenvalue weighted by molar-refractivity contribution is 5.75. The summed E-state index contributed by atoms with van der Waals surface area (Å²) in [5.74, 6) is -0.406. The molecule has 0 heterocycles. The maximum absolute atomic E-state index is 12.3. The molecule has 0 bridgehead atoms. The predicted molar refractivity (Wildman–Crippen MR) is 88.7 cm³/mol. The summed E-state index contributed by atoms with van der Waals surface area (Å²) >= 11 is 0. The molecule has 0 aliphatic heterocycles. The number of hydrogen-bond donors (Lipinski definition) is 1. The smallest absolute Gasteiger partial charge is 0.309 e. The van der Waals surface area contributed by atoms with Crippen LogP contribution in [0.25, 0.3) is 0 Å². The Hall–Kier alpha value is -1.39. The number of rotatable bonds is 6. The van der Waals surface area contributed by atoms with E-state index in [1.165, 1.54) is 6.92 Å². The molecular weight excluding hydrogens is 294 g/mol. The van der Waals surface area contributed by atoms with Gasteiger partial charge < -0.3 is 14.8 Å². The molecule has 23 heavy (non-hydrogen) atoms. The van der Waals surface area contributed by atoms with Gasteiger partial charge in [-0.2, -0.15) is 0 Å². The number of amides is 1. The maximum atomic E-state index is 12.3. The third kappa shape index (κ3) is 6.32. The van der Waals surface area contributed by atoms with Crippen molar-refractivity contribution in [3.05, 3.63) is 0 Å². The molecule has 1 N–H and O–H groups in total. The van der Waals surface area contributed by atoms with Gasteiger partial charge >= 0.3 is 5.97 Å². The Labute approximate surface area is 139 Å². The number of carbonyl (C=O) groups excluding carboxylic acids is 3. The average molecular weight is 325 g/mol. The number of nitrogens with one attached hydrogen (secondary N) is 1. The van der Waals surface area contributed by atoms with Crippen LogP contribution >= 0.6 is 0 Å². The van der Waals surface area contributed by atoms with Crippen molar-refractivity contribution in [2.24, 2.45) is 23.7 Å². The Kier molecular flexibility index (Phi) is 6.78. The van der Waals surface area contributed by atoms with E-state index >= 15 is 0 Å². The van der Waals surface area contributed by atoms with Gasteiger partial charge in [0.2, 0.25) is 5.91 Å². The predicted octanol–water partition coefficient (Wildman–Crippen LogP) is 2.72. The number of hydrogen-bond acceptors (Lipinski definition) is 4. The lowest BCUT2D eigenvalue weighted by Crippen LogP contribution is -2.42. The fourth-order valence-electron chi connectivity index (χ4n) is 3.41. The van der Waals surface area contributed by atoms with Crippen LogP contribution in [-0.2, 0) is 19.1 Å². The fraction of sp³-hybridized carbons (Fsp3) is 0.833. The van der Waals surface area contributed by atoms with Crippen molar-refractivity contribution in [1.29, 1.82) is 0 Å². The standard InChI is InChI=1S/C18H31NO4/c1-11(2)7-16(19-12(3)21)15-9-13(8-14(15)10-20)17(22)23-18(4,5)6/h10-11,13-16H,7-9H2,1-6H3,(H,19,21)/t13-,14-,15+,16-/m0/s1. The van der Waals surface area contributed by atoms with Gasteiger partial charge in [0.05, 0.1) is 5.92 Å². The quantitative estimate of drug-likeness (QED) is 0.602. The normalized spacial score (nSPS) is 26.0. The second-order valence-electron chi connectivity index (χ2n) is 8.10. The van der Waals surface area contributed by atoms with Crippen LogP contribution in [0, 0.1) is 23.7 Å². The summed E-state index contributed by atoms with van der Waals surface area (Å²) in [7, 11) is 0. The molecule has 132 valence electrons. The average Bonchev–Trinajstić information content (AvgIpc) is 2.78. The highest BCUT2D eigenvalue weighted by Gasteiger charge is 2.43. The largest absolute Gasteiger partial charge is 0.460 e. The van der Waals surface area contributed by atoms with Gasteiger partial charge in [-0.25, -0.2) is 0 Å². The minimum Gasteiger partial charge on any atom is -0.460 e. The van der Waals surface area contributed by atoms with Gasteiger partial charge in [-0.3, -0.25) is 9.59 Å². The van der Waals surface area contributed by atoms with Gasteiger partial charge in [-0.15, -0.1) is 0 Å². The molecule has 5 heteroatoms. The first-order valence-electron chi connectivity index (χ1n) is 8.48. The van der Waals surface area contributed by atoms with Crippen molar-refractivity contribution in [2.75, 3.05) is 0 Å². The van der Waals surface area contributed by atoms with Crippen molar-refractivity contribution < 1.29 is 19.1 Å². The summed E-state index contributed by atoms with van der Waals surface area (Å²) in [4.78, 5) is 35.3. The van der Waals surface area contributed by atoms with Crippen LogP contribution in [0.4, 0.5) is 0 Å². The van der Waals surface area contributed by atoms with Gasteiger partial charge in [0, 0.05) is 18.9 Å². The molecule has 0 aromatic carbocycles. The molecule has 1 fully saturated rings. The molecule has 0 radical (unpaired) electrons. The molecule has 1 aliphatic rings. The van der Waals surface area contributed by atoms with Crippen LogP contribution in [0.15, 0.2) is 0 Å². The van der Waals surface area contributed by atoms with E-state index in [1.807, 2.05) is 20.8 Å². The Morgan fingerprint density at radius 3 is 2.30 bits per heavy atom. The Balaban J connectivity index is 2.85. The van der Waals surface area contributed by atoms with Crippen LogP contribution in [0.5, 0.6) is 0 Å². The highest BCUT2D eigenvalue weighted by Crippen LogP contribution is 2.40. The molecule has 0 aromatic rings. The van der Waals surface area contributed by atoms with E-state index < -0.39 is 5.60 Å². The molecule has 0 unspecified atom stereocenters. The lowest BCUT2D eigenvalue weighted by molar-refractivity contribution is -0.159. The minimum atomic E-state index is -0.527. The number of carbonyl (C=O) groups is 3. The summed E-state index contributed by atoms with van der Waals surface area (Å²) in [5, 5.41) is 2.98. The number of ether oxygens (including phenoxy) is 1. The third-order valence-corrected chi connectivity index (χ3v) is 4.21. The second kappa shape index (κ2) is 7.93. The maximum Gasteiger partial charge on any atom is 0.309 e. The first-order chi connectivity index (χ1) is 10.5. The van der Waals surface area contributed by atoms with Gasteiger partial charge in [0.25, 0.3) is 0 Å². The lowest BCUT2D eigenvalue weighted by atomic mass is 9.85. The molecule has 1 amide bonds. The Morgan fingerprint density at radius 1 is 1.26 bits per heavy atom. The van der Waals surface area contributed by atoms with Crippen LogP contribution in [0.3, 0.4) is 0 Å². The molecule has 1 rings (SSSR count). The second-order valence-corrected chi connectivity index (χ2v) is 8.10.